The minimum Gasteiger partial charge on any atom is -0.311 e. The van der Waals surface area contributed by atoms with Gasteiger partial charge in [0.15, 0.2) is 0 Å². The summed E-state index contributed by atoms with van der Waals surface area (Å²) >= 11 is 0. The largest absolute Gasteiger partial charge is 0.311 e. The van der Waals surface area contributed by atoms with Gasteiger partial charge < -0.3 is 5.32 Å². The minimum absolute atomic E-state index is 0. The number of rotatable bonds is 2. The summed E-state index contributed by atoms with van der Waals surface area (Å²) in [6.45, 7) is 1.22. The molecule has 2 heteroatoms. The van der Waals surface area contributed by atoms with Gasteiger partial charge in [0.25, 0.3) is 0 Å². The molecule has 2 rings (SSSR count). The Labute approximate surface area is 81.0 Å². The monoisotopic (exact) mass is 187 g/mol. The Morgan fingerprint density at radius 3 is 2.42 bits per heavy atom. The molecule has 1 saturated carbocycles. The van der Waals surface area contributed by atoms with E-state index in [-0.39, 0.29) is 12.4 Å². The van der Waals surface area contributed by atoms with Crippen molar-refractivity contribution >= 4 is 12.4 Å². The van der Waals surface area contributed by atoms with Crippen molar-refractivity contribution in [2.45, 2.75) is 38.1 Å². The lowest BCUT2D eigenvalue weighted by atomic mass is 10.0. The second kappa shape index (κ2) is 4.88. The quantitative estimate of drug-likeness (QED) is 0.656. The van der Waals surface area contributed by atoms with Gasteiger partial charge in [0.05, 0.1) is 0 Å². The number of hydrogen-bond donors (Lipinski definition) is 1. The van der Waals surface area contributed by atoms with Crippen molar-refractivity contribution in [2.75, 3.05) is 6.54 Å². The van der Waals surface area contributed by atoms with E-state index in [0.29, 0.717) is 6.04 Å². The van der Waals surface area contributed by atoms with Crippen molar-refractivity contribution in [3.8, 4) is 0 Å². The van der Waals surface area contributed by atoms with E-state index in [2.05, 4.69) is 17.5 Å². The maximum absolute atomic E-state index is 3.52. The van der Waals surface area contributed by atoms with Crippen molar-refractivity contribution < 1.29 is 0 Å². The second-order valence-electron chi connectivity index (χ2n) is 3.78. The van der Waals surface area contributed by atoms with Crippen LogP contribution in [0.1, 0.15) is 32.1 Å². The third-order valence-electron chi connectivity index (χ3n) is 2.59. The van der Waals surface area contributed by atoms with Crippen LogP contribution in [0.25, 0.3) is 0 Å². The van der Waals surface area contributed by atoms with Crippen LogP contribution in [-0.2, 0) is 0 Å². The molecule has 0 radical (unpaired) electrons. The molecule has 1 aliphatic carbocycles. The van der Waals surface area contributed by atoms with E-state index in [0.717, 1.165) is 5.92 Å². The van der Waals surface area contributed by atoms with Crippen LogP contribution >= 0.6 is 12.4 Å². The fraction of sp³-hybridized carbons (Fsp3) is 0.800. The first kappa shape index (κ1) is 10.1. The summed E-state index contributed by atoms with van der Waals surface area (Å²) in [6, 6.07) is 0.698. The summed E-state index contributed by atoms with van der Waals surface area (Å²) in [4.78, 5) is 0. The van der Waals surface area contributed by atoms with Gasteiger partial charge >= 0.3 is 0 Å². The van der Waals surface area contributed by atoms with Crippen LogP contribution in [0.2, 0.25) is 0 Å². The average molecular weight is 188 g/mol. The zero-order valence-electron chi connectivity index (χ0n) is 7.46. The number of halogens is 1. The van der Waals surface area contributed by atoms with Gasteiger partial charge in [0.2, 0.25) is 0 Å². The molecule has 0 bridgehead atoms. The Morgan fingerprint density at radius 2 is 1.83 bits per heavy atom. The summed E-state index contributed by atoms with van der Waals surface area (Å²) < 4.78 is 0. The Hall–Kier alpha value is -0.0100. The van der Waals surface area contributed by atoms with Gasteiger partial charge in [0, 0.05) is 6.04 Å². The first-order valence-electron chi connectivity index (χ1n) is 4.87. The predicted molar refractivity (Wildman–Crippen MR) is 54.8 cm³/mol. The molecule has 2 fully saturated rings. The molecule has 1 unspecified atom stereocenters. The van der Waals surface area contributed by atoms with E-state index in [1.165, 1.54) is 38.6 Å². The lowest BCUT2D eigenvalue weighted by Gasteiger charge is -2.19. The van der Waals surface area contributed by atoms with E-state index >= 15 is 0 Å². The van der Waals surface area contributed by atoms with E-state index in [1.54, 1.807) is 0 Å². The SMILES string of the molecule is C(=C\C1CCCCN1)/C1CC1.Cl. The van der Waals surface area contributed by atoms with Crippen LogP contribution in [0.15, 0.2) is 12.2 Å². The van der Waals surface area contributed by atoms with Crippen LogP contribution < -0.4 is 5.32 Å². The minimum atomic E-state index is 0. The zero-order valence-corrected chi connectivity index (χ0v) is 8.28. The van der Waals surface area contributed by atoms with Crippen molar-refractivity contribution in [1.82, 2.24) is 5.32 Å². The Kier molecular flexibility index (Phi) is 4.10. The van der Waals surface area contributed by atoms with E-state index in [1.807, 2.05) is 0 Å². The Morgan fingerprint density at radius 1 is 1.00 bits per heavy atom. The molecular weight excluding hydrogens is 170 g/mol. The van der Waals surface area contributed by atoms with Gasteiger partial charge in [-0.15, -0.1) is 12.4 Å². The van der Waals surface area contributed by atoms with Gasteiger partial charge in [-0.3, -0.25) is 0 Å². The highest BCUT2D eigenvalue weighted by Crippen LogP contribution is 2.30. The molecule has 0 amide bonds. The first-order valence-corrected chi connectivity index (χ1v) is 4.87. The highest BCUT2D eigenvalue weighted by Gasteiger charge is 2.18. The van der Waals surface area contributed by atoms with Gasteiger partial charge in [-0.05, 0) is 38.1 Å². The molecule has 0 aromatic heterocycles. The van der Waals surface area contributed by atoms with E-state index < -0.39 is 0 Å². The summed E-state index contributed by atoms with van der Waals surface area (Å²) in [7, 11) is 0. The molecule has 1 heterocycles. The normalized spacial score (nSPS) is 30.2. The summed E-state index contributed by atoms with van der Waals surface area (Å²) in [6.07, 6.45) is 11.8. The van der Waals surface area contributed by atoms with E-state index in [4.69, 9.17) is 0 Å². The second-order valence-corrected chi connectivity index (χ2v) is 3.78. The zero-order chi connectivity index (χ0) is 7.52. The van der Waals surface area contributed by atoms with Crippen LogP contribution in [-0.4, -0.2) is 12.6 Å². The third-order valence-corrected chi connectivity index (χ3v) is 2.59. The first-order chi connectivity index (χ1) is 5.45. The molecule has 1 saturated heterocycles. The maximum Gasteiger partial charge on any atom is 0.0250 e. The molecule has 0 aromatic carbocycles. The van der Waals surface area contributed by atoms with Gasteiger partial charge in [-0.1, -0.05) is 18.6 Å². The standard InChI is InChI=1S/C10H17N.ClH/c1-2-8-11-10(3-1)7-6-9-4-5-9;/h6-7,9-11H,1-5,8H2;1H/b7-6+;. The topological polar surface area (TPSA) is 12.0 Å². The average Bonchev–Trinajstić information content (AvgIpc) is 2.86. The van der Waals surface area contributed by atoms with Crippen LogP contribution in [0.5, 0.6) is 0 Å². The molecule has 0 aromatic rings. The molecular formula is C10H18ClN. The molecule has 1 aliphatic heterocycles. The van der Waals surface area contributed by atoms with Crippen molar-refractivity contribution in [3.63, 3.8) is 0 Å². The molecule has 1 N–H and O–H groups in total. The molecule has 1 atom stereocenters. The number of piperidine rings is 1. The number of hydrogen-bond acceptors (Lipinski definition) is 1. The third kappa shape index (κ3) is 3.16. The predicted octanol–water partition coefficient (Wildman–Crippen LogP) is 2.52. The lowest BCUT2D eigenvalue weighted by Crippen LogP contribution is -2.32. The highest BCUT2D eigenvalue weighted by molar-refractivity contribution is 5.85. The van der Waals surface area contributed by atoms with Gasteiger partial charge in [-0.25, -0.2) is 0 Å². The van der Waals surface area contributed by atoms with Crippen LogP contribution in [0.3, 0.4) is 0 Å². The Bertz CT molecular complexity index is 146. The smallest absolute Gasteiger partial charge is 0.0250 e. The van der Waals surface area contributed by atoms with Crippen molar-refractivity contribution in [2.24, 2.45) is 5.92 Å². The maximum atomic E-state index is 3.52. The summed E-state index contributed by atoms with van der Waals surface area (Å²) in [5.74, 6) is 0.943. The number of nitrogens with one attached hydrogen (secondary N) is 1. The molecule has 0 spiro atoms. The highest BCUT2D eigenvalue weighted by atomic mass is 35.5. The van der Waals surface area contributed by atoms with Crippen LogP contribution in [0.4, 0.5) is 0 Å². The molecule has 12 heavy (non-hydrogen) atoms. The Balaban J connectivity index is 0.000000720. The van der Waals surface area contributed by atoms with Crippen molar-refractivity contribution in [3.05, 3.63) is 12.2 Å². The summed E-state index contributed by atoms with van der Waals surface area (Å²) in [5, 5.41) is 3.52. The molecule has 2 aliphatic rings. The number of allylic oxidation sites excluding steroid dienone is 1. The van der Waals surface area contributed by atoms with Gasteiger partial charge in [-0.2, -0.15) is 0 Å². The van der Waals surface area contributed by atoms with Crippen molar-refractivity contribution in [1.29, 1.82) is 0 Å². The molecule has 1 nitrogen and oxygen atoms in total. The fourth-order valence-corrected chi connectivity index (χ4v) is 1.62. The van der Waals surface area contributed by atoms with Crippen LogP contribution in [0, 0.1) is 5.92 Å². The van der Waals surface area contributed by atoms with Gasteiger partial charge in [0.1, 0.15) is 0 Å². The fourth-order valence-electron chi connectivity index (χ4n) is 1.62. The lowest BCUT2D eigenvalue weighted by molar-refractivity contribution is 0.453. The summed E-state index contributed by atoms with van der Waals surface area (Å²) in [5.41, 5.74) is 0. The van der Waals surface area contributed by atoms with E-state index in [9.17, 15) is 0 Å². The molecule has 70 valence electrons.